The average molecular weight is 708 g/mol. The molecule has 0 saturated heterocycles. The number of benzene rings is 2. The number of amides is 2. The fourth-order valence-corrected chi connectivity index (χ4v) is 6.56. The molecule has 0 bridgehead atoms. The molecule has 9 nitrogen and oxygen atoms in total. The van der Waals surface area contributed by atoms with E-state index < -0.39 is 22.0 Å². The Morgan fingerprint density at radius 2 is 1.43 bits per heavy atom. The maximum atomic E-state index is 13.3. The van der Waals surface area contributed by atoms with Gasteiger partial charge in [-0.2, -0.15) is 9.73 Å². The van der Waals surface area contributed by atoms with Crippen molar-refractivity contribution in [1.29, 1.82) is 0 Å². The van der Waals surface area contributed by atoms with E-state index in [1.54, 1.807) is 18.2 Å². The quantitative estimate of drug-likeness (QED) is 0.142. The van der Waals surface area contributed by atoms with Gasteiger partial charge in [-0.05, 0) is 36.8 Å². The van der Waals surface area contributed by atoms with E-state index in [1.807, 2.05) is 0 Å². The van der Waals surface area contributed by atoms with Crippen LogP contribution in [-0.2, 0) is 19.6 Å². The zero-order valence-electron chi connectivity index (χ0n) is 24.9. The first-order chi connectivity index (χ1) is 20.9. The minimum absolute atomic E-state index is 0.0364. The largest absolute Gasteiger partial charge is 0.339 e. The Balaban J connectivity index is 1.61. The van der Waals surface area contributed by atoms with Gasteiger partial charge in [0.2, 0.25) is 15.9 Å². The number of nitrogens with zero attached hydrogens (tertiary/aromatic N) is 2. The molecule has 0 fully saturated rings. The molecule has 44 heavy (non-hydrogen) atoms. The molecule has 0 spiro atoms. The van der Waals surface area contributed by atoms with E-state index in [1.165, 1.54) is 63.5 Å². The summed E-state index contributed by atoms with van der Waals surface area (Å²) < 4.78 is 26.5. The molecule has 0 radical (unpaired) electrons. The molecule has 1 heterocycles. The molecule has 1 atom stereocenters. The molecule has 2 aromatic rings. The summed E-state index contributed by atoms with van der Waals surface area (Å²) in [6.45, 7) is 2.23. The normalized spacial score (nSPS) is 15.0. The highest BCUT2D eigenvalue weighted by Gasteiger charge is 2.40. The topological polar surface area (TPSA) is 120 Å². The number of nitrogens with one attached hydrogen (secondary N) is 3. The van der Waals surface area contributed by atoms with Crippen molar-refractivity contribution < 1.29 is 18.0 Å². The second-order valence-electron chi connectivity index (χ2n) is 10.8. The van der Waals surface area contributed by atoms with E-state index in [0.717, 1.165) is 30.5 Å². The van der Waals surface area contributed by atoms with Crippen LogP contribution < -0.4 is 20.4 Å². The molecule has 2 amide bonds. The molecule has 1 unspecified atom stereocenters. The third-order valence-corrected chi connectivity index (χ3v) is 8.77. The molecular formula is C30H39Cl4N5O4S. The predicted octanol–water partition coefficient (Wildman–Crippen LogP) is 8.63. The van der Waals surface area contributed by atoms with Gasteiger partial charge >= 0.3 is 0 Å². The number of rotatable bonds is 17. The minimum Gasteiger partial charge on any atom is -0.339 e. The van der Waals surface area contributed by atoms with Crippen LogP contribution in [0.4, 0.5) is 17.1 Å². The lowest BCUT2D eigenvalue weighted by molar-refractivity contribution is -0.118. The van der Waals surface area contributed by atoms with E-state index in [-0.39, 0.29) is 37.5 Å². The molecule has 1 aliphatic heterocycles. The van der Waals surface area contributed by atoms with Crippen molar-refractivity contribution in [1.82, 2.24) is 4.72 Å². The maximum Gasteiger partial charge on any atom is 0.273 e. The van der Waals surface area contributed by atoms with Gasteiger partial charge in [0.15, 0.2) is 11.9 Å². The standard InChI is InChI=1S/C30H39Cl4N5O4S/c1-3-4-5-6-7-8-9-10-11-12-13-14-26(40)35-21-15-16-22(32)25(19-21)36-29-27(38-44(2,42)43)30(41)39(37-29)28-23(33)17-20(31)18-24(28)34/h15-19,27,38H,3-14H2,1-2H3,(H,35,40)(H,36,37). The Labute approximate surface area is 280 Å². The predicted molar refractivity (Wildman–Crippen MR) is 183 cm³/mol. The summed E-state index contributed by atoms with van der Waals surface area (Å²) in [6, 6.07) is 6.15. The first kappa shape index (κ1) is 36.4. The Morgan fingerprint density at radius 1 is 0.864 bits per heavy atom. The summed E-state index contributed by atoms with van der Waals surface area (Å²) in [6.07, 6.45) is 14.5. The van der Waals surface area contributed by atoms with Crippen molar-refractivity contribution in [2.24, 2.45) is 5.10 Å². The highest BCUT2D eigenvalue weighted by Crippen LogP contribution is 2.39. The van der Waals surface area contributed by atoms with Crippen LogP contribution in [0.2, 0.25) is 20.1 Å². The number of hydrogen-bond acceptors (Lipinski definition) is 6. The number of amidine groups is 1. The summed E-state index contributed by atoms with van der Waals surface area (Å²) in [5, 5.41) is 11.6. The Morgan fingerprint density at radius 3 is 2.00 bits per heavy atom. The van der Waals surface area contributed by atoms with Gasteiger partial charge in [-0.1, -0.05) is 118 Å². The molecule has 14 heteroatoms. The van der Waals surface area contributed by atoms with Crippen molar-refractivity contribution >= 4 is 91.1 Å². The van der Waals surface area contributed by atoms with Crippen LogP contribution in [0.1, 0.15) is 84.0 Å². The van der Waals surface area contributed by atoms with E-state index >= 15 is 0 Å². The number of anilines is 3. The number of sulfonamides is 1. The number of hydrogen-bond donors (Lipinski definition) is 3. The zero-order chi connectivity index (χ0) is 32.3. The smallest absolute Gasteiger partial charge is 0.273 e. The van der Waals surface area contributed by atoms with Gasteiger partial charge < -0.3 is 10.6 Å². The lowest BCUT2D eigenvalue weighted by Crippen LogP contribution is -2.48. The Hall–Kier alpha value is -2.08. The zero-order valence-corrected chi connectivity index (χ0v) is 28.7. The molecule has 242 valence electrons. The Kier molecular flexibility index (Phi) is 14.5. The van der Waals surface area contributed by atoms with Crippen LogP contribution in [0, 0.1) is 0 Å². The second kappa shape index (κ2) is 17.6. The van der Waals surface area contributed by atoms with E-state index in [2.05, 4.69) is 27.4 Å². The molecule has 0 aromatic heterocycles. The summed E-state index contributed by atoms with van der Waals surface area (Å²) >= 11 is 25.0. The molecule has 1 aliphatic rings. The SMILES string of the molecule is CCCCCCCCCCCCCC(=O)Nc1ccc(Cl)c(NC2=NN(c3c(Cl)cc(Cl)cc3Cl)C(=O)C2NS(C)(=O)=O)c1. The number of carbonyl (C=O) groups is 2. The monoisotopic (exact) mass is 705 g/mol. The molecular weight excluding hydrogens is 668 g/mol. The van der Waals surface area contributed by atoms with E-state index in [4.69, 9.17) is 46.4 Å². The Bertz CT molecular complexity index is 1430. The van der Waals surface area contributed by atoms with Crippen molar-refractivity contribution in [3.8, 4) is 0 Å². The van der Waals surface area contributed by atoms with Gasteiger partial charge in [0.05, 0.1) is 27.0 Å². The number of halogens is 4. The minimum atomic E-state index is -3.85. The highest BCUT2D eigenvalue weighted by molar-refractivity contribution is 7.88. The molecule has 0 aliphatic carbocycles. The van der Waals surface area contributed by atoms with Gasteiger partial charge in [-0.25, -0.2) is 8.42 Å². The van der Waals surface area contributed by atoms with Gasteiger partial charge in [0.1, 0.15) is 5.69 Å². The fraction of sp³-hybridized carbons (Fsp3) is 0.500. The van der Waals surface area contributed by atoms with Gasteiger partial charge in [-0.15, -0.1) is 5.10 Å². The number of unbranched alkanes of at least 4 members (excludes halogenated alkanes) is 10. The van der Waals surface area contributed by atoms with Crippen LogP contribution in [0.15, 0.2) is 35.4 Å². The van der Waals surface area contributed by atoms with E-state index in [0.29, 0.717) is 17.8 Å². The van der Waals surface area contributed by atoms with Crippen molar-refractivity contribution in [2.75, 3.05) is 21.9 Å². The third-order valence-electron chi connectivity index (χ3n) is 6.98. The van der Waals surface area contributed by atoms with Crippen LogP contribution in [0.3, 0.4) is 0 Å². The highest BCUT2D eigenvalue weighted by atomic mass is 35.5. The summed E-state index contributed by atoms with van der Waals surface area (Å²) in [7, 11) is -3.85. The lowest BCUT2D eigenvalue weighted by atomic mass is 10.1. The second-order valence-corrected chi connectivity index (χ2v) is 14.3. The van der Waals surface area contributed by atoms with Crippen LogP contribution in [0.5, 0.6) is 0 Å². The van der Waals surface area contributed by atoms with Crippen LogP contribution in [-0.4, -0.2) is 38.4 Å². The van der Waals surface area contributed by atoms with Crippen molar-refractivity contribution in [3.05, 3.63) is 50.4 Å². The number of carbonyl (C=O) groups excluding carboxylic acids is 2. The maximum absolute atomic E-state index is 13.3. The molecule has 0 saturated carbocycles. The van der Waals surface area contributed by atoms with Crippen molar-refractivity contribution in [2.45, 2.75) is 90.0 Å². The molecule has 3 N–H and O–H groups in total. The molecule has 2 aromatic carbocycles. The third kappa shape index (κ3) is 11.4. The summed E-state index contributed by atoms with van der Waals surface area (Å²) in [5.74, 6) is -0.956. The van der Waals surface area contributed by atoms with Gasteiger partial charge in [-0.3, -0.25) is 9.59 Å². The fourth-order valence-electron chi connectivity index (χ4n) is 4.78. The average Bonchev–Trinajstić information content (AvgIpc) is 3.21. The first-order valence-electron chi connectivity index (χ1n) is 14.8. The van der Waals surface area contributed by atoms with Crippen molar-refractivity contribution in [3.63, 3.8) is 0 Å². The first-order valence-corrected chi connectivity index (χ1v) is 18.2. The lowest BCUT2D eigenvalue weighted by Gasteiger charge is -2.17. The van der Waals surface area contributed by atoms with Crippen LogP contribution >= 0.6 is 46.4 Å². The molecule has 3 rings (SSSR count). The van der Waals surface area contributed by atoms with Gasteiger partial charge in [0.25, 0.3) is 5.91 Å². The van der Waals surface area contributed by atoms with E-state index in [9.17, 15) is 18.0 Å². The summed E-state index contributed by atoms with van der Waals surface area (Å²) in [5.41, 5.74) is 0.804. The number of hydrazone groups is 1. The van der Waals surface area contributed by atoms with Gasteiger partial charge in [0, 0.05) is 17.1 Å². The van der Waals surface area contributed by atoms with Crippen LogP contribution in [0.25, 0.3) is 0 Å². The summed E-state index contributed by atoms with van der Waals surface area (Å²) in [4.78, 5) is 25.9.